The minimum atomic E-state index is -0.0349. The summed E-state index contributed by atoms with van der Waals surface area (Å²) in [6.45, 7) is 21.7. The first-order chi connectivity index (χ1) is 30.9. The number of rotatable bonds is 32. The van der Waals surface area contributed by atoms with Crippen molar-refractivity contribution in [3.05, 3.63) is 61.2 Å². The van der Waals surface area contributed by atoms with Gasteiger partial charge in [0.25, 0.3) is 11.8 Å². The second-order valence-corrected chi connectivity index (χ2v) is 23.9. The zero-order chi connectivity index (χ0) is 46.1. The van der Waals surface area contributed by atoms with Crippen LogP contribution in [0.5, 0.6) is 0 Å². The fourth-order valence-corrected chi connectivity index (χ4v) is 12.9. The molecule has 5 heterocycles. The molecule has 0 bridgehead atoms. The highest BCUT2D eigenvalue weighted by atomic mass is 32.1. The van der Waals surface area contributed by atoms with Gasteiger partial charge in [-0.05, 0) is 73.1 Å². The molecule has 5 nitrogen and oxygen atoms in total. The lowest BCUT2D eigenvalue weighted by Crippen LogP contribution is -2.34. The SMILES string of the molecule is CCCCCCCCC(CCCCCC)CN1C(=O)C2=C(c3ncc(-c4ccc(C(C)C)s4)s3)N(CC(CCCCCC)CCCCCCCC)C(=O)C2=C1c1ccc(C(C)(C)C)s1. The van der Waals surface area contributed by atoms with E-state index in [1.807, 2.05) is 17.5 Å². The third kappa shape index (κ3) is 14.5. The van der Waals surface area contributed by atoms with Crippen LogP contribution in [0.1, 0.15) is 242 Å². The predicted molar refractivity (Wildman–Crippen MR) is 280 cm³/mol. The molecule has 0 spiro atoms. The average molecular weight is 931 g/mol. The minimum absolute atomic E-state index is 0.00782. The van der Waals surface area contributed by atoms with Crippen LogP contribution in [0.2, 0.25) is 0 Å². The van der Waals surface area contributed by atoms with Gasteiger partial charge in [0.2, 0.25) is 0 Å². The first-order valence-corrected chi connectivity index (χ1v) is 28.7. The molecule has 0 saturated carbocycles. The molecule has 0 radical (unpaired) electrons. The zero-order valence-corrected chi connectivity index (χ0v) is 44.3. The Balaban J connectivity index is 1.60. The van der Waals surface area contributed by atoms with E-state index in [0.717, 1.165) is 51.8 Å². The van der Waals surface area contributed by atoms with Gasteiger partial charge in [-0.25, -0.2) is 4.98 Å². The van der Waals surface area contributed by atoms with Gasteiger partial charge in [-0.3, -0.25) is 9.59 Å². The van der Waals surface area contributed by atoms with Crippen LogP contribution < -0.4 is 0 Å². The zero-order valence-electron chi connectivity index (χ0n) is 41.9. The average Bonchev–Trinajstić information content (AvgIpc) is 4.12. The summed E-state index contributed by atoms with van der Waals surface area (Å²) >= 11 is 5.26. The number of thiophene rings is 2. The van der Waals surface area contributed by atoms with Crippen molar-refractivity contribution in [3.63, 3.8) is 0 Å². The van der Waals surface area contributed by atoms with Gasteiger partial charge in [0.05, 0.1) is 32.3 Å². The van der Waals surface area contributed by atoms with Gasteiger partial charge in [0, 0.05) is 33.9 Å². The van der Waals surface area contributed by atoms with Crippen LogP contribution >= 0.6 is 34.0 Å². The van der Waals surface area contributed by atoms with Crippen molar-refractivity contribution in [2.45, 2.75) is 228 Å². The molecule has 2 aliphatic rings. The number of unbranched alkanes of at least 4 members (excludes halogenated alkanes) is 16. The highest BCUT2D eigenvalue weighted by Gasteiger charge is 2.50. The molecule has 8 heteroatoms. The van der Waals surface area contributed by atoms with E-state index in [2.05, 4.69) is 96.4 Å². The van der Waals surface area contributed by atoms with Crippen molar-refractivity contribution in [3.8, 4) is 9.75 Å². The molecule has 2 aliphatic heterocycles. The molecule has 3 aromatic rings. The largest absolute Gasteiger partial charge is 0.306 e. The molecule has 0 N–H and O–H groups in total. The number of fused-ring (bicyclic) bond motifs is 1. The summed E-state index contributed by atoms with van der Waals surface area (Å²) in [5.41, 5.74) is 2.83. The molecule has 5 rings (SSSR count). The van der Waals surface area contributed by atoms with Crippen LogP contribution in [-0.2, 0) is 15.0 Å². The number of thiazole rings is 1. The summed E-state index contributed by atoms with van der Waals surface area (Å²) in [5.74, 6) is 1.24. The first-order valence-electron chi connectivity index (χ1n) is 26.2. The lowest BCUT2D eigenvalue weighted by Gasteiger charge is -2.29. The molecule has 2 unspecified atom stereocenters. The second-order valence-electron chi connectivity index (χ2n) is 20.6. The van der Waals surface area contributed by atoms with Crippen molar-refractivity contribution in [1.82, 2.24) is 14.8 Å². The fourth-order valence-electron chi connectivity index (χ4n) is 9.70. The fraction of sp³-hybridized carbons (Fsp3) is 0.696. The summed E-state index contributed by atoms with van der Waals surface area (Å²) in [6, 6.07) is 8.90. The van der Waals surface area contributed by atoms with E-state index in [9.17, 15) is 0 Å². The summed E-state index contributed by atoms with van der Waals surface area (Å²) < 4.78 is 0. The normalized spacial score (nSPS) is 15.5. The highest BCUT2D eigenvalue weighted by molar-refractivity contribution is 7.22. The number of carbonyl (C=O) groups is 2. The molecule has 0 saturated heterocycles. The number of amides is 2. The Kier molecular flexibility index (Phi) is 21.9. The third-order valence-corrected chi connectivity index (χ3v) is 17.8. The van der Waals surface area contributed by atoms with Gasteiger partial charge in [-0.1, -0.05) is 191 Å². The number of hydrogen-bond acceptors (Lipinski definition) is 6. The van der Waals surface area contributed by atoms with E-state index in [0.29, 0.717) is 42.0 Å². The topological polar surface area (TPSA) is 53.5 Å². The van der Waals surface area contributed by atoms with Crippen molar-refractivity contribution in [1.29, 1.82) is 0 Å². The van der Waals surface area contributed by atoms with E-state index in [1.54, 1.807) is 22.7 Å². The van der Waals surface area contributed by atoms with Crippen molar-refractivity contribution >= 4 is 57.2 Å². The molecule has 3 aromatic heterocycles. The van der Waals surface area contributed by atoms with E-state index in [4.69, 9.17) is 4.98 Å². The molecule has 0 fully saturated rings. The number of carbonyl (C=O) groups excluding carboxylic acids is 2. The van der Waals surface area contributed by atoms with Crippen LogP contribution in [-0.4, -0.2) is 39.7 Å². The Hall–Kier alpha value is -2.55. The summed E-state index contributed by atoms with van der Waals surface area (Å²) in [4.78, 5) is 46.5. The van der Waals surface area contributed by atoms with Crippen LogP contribution in [0.3, 0.4) is 0 Å². The lowest BCUT2D eigenvalue weighted by molar-refractivity contribution is -0.124. The quantitative estimate of drug-likeness (QED) is 0.0586. The lowest BCUT2D eigenvalue weighted by atomic mass is 9.93. The number of aromatic nitrogens is 1. The van der Waals surface area contributed by atoms with Gasteiger partial charge >= 0.3 is 0 Å². The van der Waals surface area contributed by atoms with Gasteiger partial charge in [0.1, 0.15) is 5.01 Å². The highest BCUT2D eigenvalue weighted by Crippen LogP contribution is 2.50. The van der Waals surface area contributed by atoms with E-state index in [-0.39, 0.29) is 17.2 Å². The van der Waals surface area contributed by atoms with Crippen LogP contribution in [0.25, 0.3) is 21.1 Å². The molecular weight excluding hydrogens is 843 g/mol. The Morgan fingerprint density at radius 1 is 0.516 bits per heavy atom. The van der Waals surface area contributed by atoms with Gasteiger partial charge in [0.15, 0.2) is 0 Å². The Labute approximate surface area is 403 Å². The summed E-state index contributed by atoms with van der Waals surface area (Å²) in [6.07, 6.45) is 31.5. The number of hydrogen-bond donors (Lipinski definition) is 0. The third-order valence-electron chi connectivity index (χ3n) is 13.7. The Morgan fingerprint density at radius 2 is 0.953 bits per heavy atom. The standard InChI is InChI=1S/C56H87N3O2S3/c1-10-14-18-22-24-28-32-42(30-26-20-16-12-3)39-58-51(46-36-37-48(63-46)56(7,8)9)49-50(55(58)61)52(53-57-38-47(64-53)45-35-34-44(62-45)41(5)6)59(54(49)60)40-43(31-27-21-17-13-4)33-29-25-23-19-15-11-2/h34-38,41-43H,10-33,39-40H2,1-9H3. The van der Waals surface area contributed by atoms with Crippen LogP contribution in [0.4, 0.5) is 0 Å². The number of nitrogens with zero attached hydrogens (tertiary/aromatic N) is 3. The summed E-state index contributed by atoms with van der Waals surface area (Å²) in [7, 11) is 0. The molecular formula is C56H87N3O2S3. The van der Waals surface area contributed by atoms with Gasteiger partial charge in [-0.15, -0.1) is 34.0 Å². The maximum Gasteiger partial charge on any atom is 0.261 e. The van der Waals surface area contributed by atoms with Crippen molar-refractivity contribution < 1.29 is 9.59 Å². The van der Waals surface area contributed by atoms with Crippen molar-refractivity contribution in [2.24, 2.45) is 11.8 Å². The maximum absolute atomic E-state index is 15.6. The van der Waals surface area contributed by atoms with E-state index < -0.39 is 0 Å². The molecule has 356 valence electrons. The molecule has 2 atom stereocenters. The first kappa shape index (κ1) is 52.4. The smallest absolute Gasteiger partial charge is 0.261 e. The molecule has 0 aromatic carbocycles. The minimum Gasteiger partial charge on any atom is -0.306 e. The van der Waals surface area contributed by atoms with Crippen LogP contribution in [0.15, 0.2) is 41.6 Å². The van der Waals surface area contributed by atoms with E-state index >= 15 is 9.59 Å². The van der Waals surface area contributed by atoms with Crippen molar-refractivity contribution in [2.75, 3.05) is 13.1 Å². The van der Waals surface area contributed by atoms with Crippen LogP contribution in [0, 0.1) is 11.8 Å². The second kappa shape index (κ2) is 26.7. The van der Waals surface area contributed by atoms with E-state index in [1.165, 1.54) is 143 Å². The maximum atomic E-state index is 15.6. The molecule has 0 aliphatic carbocycles. The molecule has 2 amide bonds. The van der Waals surface area contributed by atoms with Gasteiger partial charge in [-0.2, -0.15) is 0 Å². The Morgan fingerprint density at radius 3 is 1.41 bits per heavy atom. The predicted octanol–water partition coefficient (Wildman–Crippen LogP) is 17.8. The monoisotopic (exact) mass is 930 g/mol. The van der Waals surface area contributed by atoms with Gasteiger partial charge < -0.3 is 9.80 Å². The Bertz CT molecular complexity index is 1940. The summed E-state index contributed by atoms with van der Waals surface area (Å²) in [5, 5.41) is 0.802. The molecule has 64 heavy (non-hydrogen) atoms.